The van der Waals surface area contributed by atoms with Gasteiger partial charge < -0.3 is 0 Å². The highest BCUT2D eigenvalue weighted by Gasteiger charge is 2.30. The molecule has 0 bridgehead atoms. The van der Waals surface area contributed by atoms with Crippen molar-refractivity contribution in [1.82, 2.24) is 9.55 Å². The van der Waals surface area contributed by atoms with Gasteiger partial charge in [0.1, 0.15) is 5.82 Å². The lowest BCUT2D eigenvalue weighted by atomic mass is 9.92. The molecule has 19 heavy (non-hydrogen) atoms. The summed E-state index contributed by atoms with van der Waals surface area (Å²) in [6.45, 7) is 9.46. The summed E-state index contributed by atoms with van der Waals surface area (Å²) in [5.74, 6) is 1.39. The fraction of sp³-hybridized carbons (Fsp3) is 0.500. The van der Waals surface area contributed by atoms with Gasteiger partial charge in [-0.25, -0.2) is 4.98 Å². The Morgan fingerprint density at radius 3 is 2.74 bits per heavy atom. The van der Waals surface area contributed by atoms with Crippen LogP contribution in [0, 0.1) is 5.41 Å². The van der Waals surface area contributed by atoms with E-state index in [2.05, 4.69) is 33.8 Å². The van der Waals surface area contributed by atoms with Crippen molar-refractivity contribution in [2.24, 2.45) is 5.41 Å². The van der Waals surface area contributed by atoms with Crippen molar-refractivity contribution in [3.63, 3.8) is 0 Å². The Hall–Kier alpha value is -1.64. The number of nitrogens with zero attached hydrogens (tertiary/aromatic N) is 2. The Bertz CT molecular complexity index is 710. The van der Waals surface area contributed by atoms with E-state index in [4.69, 9.17) is 4.98 Å². The normalized spacial score (nSPS) is 17.1. The molecular formula is C16H20N2O. The summed E-state index contributed by atoms with van der Waals surface area (Å²) in [4.78, 5) is 17.2. The van der Waals surface area contributed by atoms with Crippen LogP contribution < -0.4 is 5.56 Å². The maximum Gasteiger partial charge on any atom is 0.261 e. The zero-order chi connectivity index (χ0) is 13.8. The Balaban J connectivity index is 2.26. The highest BCUT2D eigenvalue weighted by Crippen LogP contribution is 2.30. The highest BCUT2D eigenvalue weighted by molar-refractivity contribution is 5.78. The molecular weight excluding hydrogens is 236 g/mol. The molecule has 0 saturated carbocycles. The summed E-state index contributed by atoms with van der Waals surface area (Å²) in [7, 11) is 0. The number of rotatable bonds is 1. The largest absolute Gasteiger partial charge is 0.296 e. The summed E-state index contributed by atoms with van der Waals surface area (Å²) < 4.78 is 1.84. The van der Waals surface area contributed by atoms with Gasteiger partial charge in [-0.15, -0.1) is 0 Å². The Morgan fingerprint density at radius 1 is 1.32 bits per heavy atom. The molecule has 3 heteroatoms. The topological polar surface area (TPSA) is 34.9 Å². The Labute approximate surface area is 113 Å². The second kappa shape index (κ2) is 3.92. The van der Waals surface area contributed by atoms with E-state index in [1.807, 2.05) is 16.7 Å². The standard InChI is InChI=1S/C16H20N2O/c1-10(2)11-5-6-12-13(7-11)17-14-8-16(3,4)9-18(14)15(12)19/h5-7,10H,8-9H2,1-4H3. The van der Waals surface area contributed by atoms with E-state index in [9.17, 15) is 4.79 Å². The predicted octanol–water partition coefficient (Wildman–Crippen LogP) is 3.10. The van der Waals surface area contributed by atoms with Gasteiger partial charge in [-0.05, 0) is 29.0 Å². The van der Waals surface area contributed by atoms with Crippen molar-refractivity contribution in [2.75, 3.05) is 0 Å². The average Bonchev–Trinajstić information content (AvgIpc) is 2.63. The molecule has 2 aromatic rings. The van der Waals surface area contributed by atoms with E-state index >= 15 is 0 Å². The molecule has 0 saturated heterocycles. The number of benzene rings is 1. The lowest BCUT2D eigenvalue weighted by Gasteiger charge is -2.13. The zero-order valence-electron chi connectivity index (χ0n) is 12.0. The fourth-order valence-electron chi connectivity index (χ4n) is 2.85. The molecule has 1 aliphatic heterocycles. The van der Waals surface area contributed by atoms with Crippen molar-refractivity contribution in [3.8, 4) is 0 Å². The molecule has 0 fully saturated rings. The zero-order valence-corrected chi connectivity index (χ0v) is 12.0. The van der Waals surface area contributed by atoms with Crippen LogP contribution in [0.1, 0.15) is 45.0 Å². The summed E-state index contributed by atoms with van der Waals surface area (Å²) >= 11 is 0. The number of hydrogen-bond acceptors (Lipinski definition) is 2. The number of hydrogen-bond donors (Lipinski definition) is 0. The van der Waals surface area contributed by atoms with Gasteiger partial charge in [-0.1, -0.05) is 33.8 Å². The lowest BCUT2D eigenvalue weighted by Crippen LogP contribution is -2.23. The van der Waals surface area contributed by atoms with Crippen LogP contribution in [0.2, 0.25) is 0 Å². The quantitative estimate of drug-likeness (QED) is 0.785. The number of aromatic nitrogens is 2. The van der Waals surface area contributed by atoms with Crippen molar-refractivity contribution >= 4 is 10.9 Å². The molecule has 100 valence electrons. The van der Waals surface area contributed by atoms with Crippen LogP contribution in [-0.2, 0) is 13.0 Å². The molecule has 1 aromatic carbocycles. The molecule has 1 aromatic heterocycles. The smallest absolute Gasteiger partial charge is 0.261 e. The summed E-state index contributed by atoms with van der Waals surface area (Å²) in [6, 6.07) is 6.04. The van der Waals surface area contributed by atoms with Crippen LogP contribution in [0.25, 0.3) is 10.9 Å². The molecule has 0 radical (unpaired) electrons. The molecule has 0 spiro atoms. The van der Waals surface area contributed by atoms with Gasteiger partial charge in [0.15, 0.2) is 0 Å². The van der Waals surface area contributed by atoms with Gasteiger partial charge >= 0.3 is 0 Å². The van der Waals surface area contributed by atoms with E-state index in [1.54, 1.807) is 0 Å². The van der Waals surface area contributed by atoms with E-state index in [0.29, 0.717) is 5.92 Å². The minimum Gasteiger partial charge on any atom is -0.296 e. The fourth-order valence-corrected chi connectivity index (χ4v) is 2.85. The first-order chi connectivity index (χ1) is 8.87. The summed E-state index contributed by atoms with van der Waals surface area (Å²) in [5, 5.41) is 0.742. The van der Waals surface area contributed by atoms with Gasteiger partial charge in [0.05, 0.1) is 10.9 Å². The molecule has 0 N–H and O–H groups in total. The van der Waals surface area contributed by atoms with Gasteiger partial charge in [0.25, 0.3) is 5.56 Å². The van der Waals surface area contributed by atoms with Crippen LogP contribution in [0.3, 0.4) is 0 Å². The first-order valence-electron chi connectivity index (χ1n) is 6.91. The molecule has 0 unspecified atom stereocenters. The van der Waals surface area contributed by atoms with E-state index < -0.39 is 0 Å². The lowest BCUT2D eigenvalue weighted by molar-refractivity contribution is 0.357. The summed E-state index contributed by atoms with van der Waals surface area (Å²) in [5.41, 5.74) is 2.33. The third-order valence-electron chi connectivity index (χ3n) is 3.95. The van der Waals surface area contributed by atoms with E-state index in [1.165, 1.54) is 5.56 Å². The maximum atomic E-state index is 12.5. The molecule has 3 nitrogen and oxygen atoms in total. The molecule has 2 heterocycles. The second-order valence-corrected chi connectivity index (χ2v) is 6.69. The van der Waals surface area contributed by atoms with Crippen LogP contribution in [0.4, 0.5) is 0 Å². The SMILES string of the molecule is CC(C)c1ccc2c(=O)n3c(nc2c1)CC(C)(C)C3. The van der Waals surface area contributed by atoms with Crippen molar-refractivity contribution in [3.05, 3.63) is 39.9 Å². The van der Waals surface area contributed by atoms with Crippen molar-refractivity contribution in [1.29, 1.82) is 0 Å². The van der Waals surface area contributed by atoms with Crippen LogP contribution >= 0.6 is 0 Å². The second-order valence-electron chi connectivity index (χ2n) is 6.69. The van der Waals surface area contributed by atoms with Gasteiger partial charge in [-0.2, -0.15) is 0 Å². The third-order valence-corrected chi connectivity index (χ3v) is 3.95. The van der Waals surface area contributed by atoms with E-state index in [0.717, 1.165) is 29.7 Å². The van der Waals surface area contributed by atoms with Gasteiger partial charge in [0, 0.05) is 13.0 Å². The first kappa shape index (κ1) is 12.4. The third kappa shape index (κ3) is 1.97. The summed E-state index contributed by atoms with van der Waals surface area (Å²) in [6.07, 6.45) is 0.879. The van der Waals surface area contributed by atoms with Crippen LogP contribution in [0.15, 0.2) is 23.0 Å². The molecule has 0 aliphatic carbocycles. The van der Waals surface area contributed by atoms with E-state index in [-0.39, 0.29) is 11.0 Å². The molecule has 0 atom stereocenters. The molecule has 0 amide bonds. The average molecular weight is 256 g/mol. The molecule has 3 rings (SSSR count). The molecule has 1 aliphatic rings. The highest BCUT2D eigenvalue weighted by atomic mass is 16.1. The van der Waals surface area contributed by atoms with Crippen LogP contribution in [-0.4, -0.2) is 9.55 Å². The van der Waals surface area contributed by atoms with Gasteiger partial charge in [0.2, 0.25) is 0 Å². The van der Waals surface area contributed by atoms with Crippen molar-refractivity contribution < 1.29 is 0 Å². The number of fused-ring (bicyclic) bond motifs is 2. The maximum absolute atomic E-state index is 12.5. The van der Waals surface area contributed by atoms with Gasteiger partial charge in [-0.3, -0.25) is 9.36 Å². The minimum absolute atomic E-state index is 0.112. The minimum atomic E-state index is 0.112. The Kier molecular flexibility index (Phi) is 2.56. The predicted molar refractivity (Wildman–Crippen MR) is 77.6 cm³/mol. The Morgan fingerprint density at radius 2 is 2.05 bits per heavy atom. The van der Waals surface area contributed by atoms with Crippen molar-refractivity contribution in [2.45, 2.75) is 46.6 Å². The monoisotopic (exact) mass is 256 g/mol. The van der Waals surface area contributed by atoms with Crippen LogP contribution in [0.5, 0.6) is 0 Å². The first-order valence-corrected chi connectivity index (χ1v) is 6.91.